The number of thiocarbonyl (C=S) groups is 1. The molecule has 2 aromatic rings. The normalized spacial score (nSPS) is 11.9. The zero-order valence-electron chi connectivity index (χ0n) is 14.1. The fourth-order valence-electron chi connectivity index (χ4n) is 2.48. The Hall–Kier alpha value is -1.82. The minimum Gasteiger partial charge on any atom is -0.496 e. The molecule has 4 nitrogen and oxygen atoms in total. The van der Waals surface area contributed by atoms with Crippen LogP contribution in [0.2, 0.25) is 5.02 Å². The summed E-state index contributed by atoms with van der Waals surface area (Å²) in [5, 5.41) is 7.74. The van der Waals surface area contributed by atoms with Crippen molar-refractivity contribution in [2.45, 2.75) is 6.04 Å². The Labute approximate surface area is 153 Å². The molecule has 0 heterocycles. The minimum absolute atomic E-state index is 0.214. The SMILES string of the molecule is COc1ccccc1[C@H](CNC(=S)Nc1ccc(Cl)cc1)[NH+](C)C. The van der Waals surface area contributed by atoms with Gasteiger partial charge in [-0.05, 0) is 48.6 Å². The summed E-state index contributed by atoms with van der Waals surface area (Å²) in [6.07, 6.45) is 0. The van der Waals surface area contributed by atoms with E-state index in [0.29, 0.717) is 16.7 Å². The Morgan fingerprint density at radius 1 is 1.17 bits per heavy atom. The number of likely N-dealkylation sites (N-methyl/N-ethyl adjacent to an activating group) is 1. The van der Waals surface area contributed by atoms with E-state index in [4.69, 9.17) is 28.6 Å². The van der Waals surface area contributed by atoms with Gasteiger partial charge in [0.15, 0.2) is 5.11 Å². The first-order valence-electron chi connectivity index (χ1n) is 7.74. The molecule has 2 rings (SSSR count). The summed E-state index contributed by atoms with van der Waals surface area (Å²) in [4.78, 5) is 1.29. The Balaban J connectivity index is 2.01. The van der Waals surface area contributed by atoms with E-state index in [-0.39, 0.29) is 6.04 Å². The molecule has 2 aromatic carbocycles. The number of nitrogens with one attached hydrogen (secondary N) is 3. The molecule has 0 saturated carbocycles. The molecular formula is C18H23ClN3OS+. The lowest BCUT2D eigenvalue weighted by Crippen LogP contribution is -3.07. The van der Waals surface area contributed by atoms with Crippen LogP contribution in [0.25, 0.3) is 0 Å². The van der Waals surface area contributed by atoms with Gasteiger partial charge in [-0.15, -0.1) is 0 Å². The van der Waals surface area contributed by atoms with Crippen LogP contribution in [0.1, 0.15) is 11.6 Å². The van der Waals surface area contributed by atoms with Crippen LogP contribution in [-0.2, 0) is 0 Å². The van der Waals surface area contributed by atoms with E-state index in [2.05, 4.69) is 30.8 Å². The topological polar surface area (TPSA) is 37.7 Å². The molecule has 0 radical (unpaired) electrons. The van der Waals surface area contributed by atoms with E-state index >= 15 is 0 Å². The average Bonchev–Trinajstić information content (AvgIpc) is 2.57. The van der Waals surface area contributed by atoms with Crippen LogP contribution in [0.5, 0.6) is 5.75 Å². The summed E-state index contributed by atoms with van der Waals surface area (Å²) in [6, 6.07) is 15.7. The first-order valence-corrected chi connectivity index (χ1v) is 8.53. The zero-order chi connectivity index (χ0) is 17.5. The van der Waals surface area contributed by atoms with E-state index < -0.39 is 0 Å². The molecule has 6 heteroatoms. The molecule has 0 amide bonds. The van der Waals surface area contributed by atoms with Crippen LogP contribution in [-0.4, -0.2) is 32.9 Å². The number of anilines is 1. The summed E-state index contributed by atoms with van der Waals surface area (Å²) in [7, 11) is 5.93. The summed E-state index contributed by atoms with van der Waals surface area (Å²) in [6.45, 7) is 0.697. The summed E-state index contributed by atoms with van der Waals surface area (Å²) in [5.74, 6) is 0.891. The van der Waals surface area contributed by atoms with E-state index in [0.717, 1.165) is 17.0 Å². The van der Waals surface area contributed by atoms with Gasteiger partial charge >= 0.3 is 0 Å². The number of benzene rings is 2. The molecule has 3 N–H and O–H groups in total. The van der Waals surface area contributed by atoms with E-state index in [1.807, 2.05) is 42.5 Å². The first kappa shape index (κ1) is 18.5. The van der Waals surface area contributed by atoms with Crippen molar-refractivity contribution in [1.29, 1.82) is 0 Å². The van der Waals surface area contributed by atoms with Crippen molar-refractivity contribution in [3.8, 4) is 5.75 Å². The number of hydrogen-bond acceptors (Lipinski definition) is 2. The van der Waals surface area contributed by atoms with Crippen molar-refractivity contribution >= 4 is 34.6 Å². The van der Waals surface area contributed by atoms with Gasteiger partial charge in [-0.25, -0.2) is 0 Å². The third-order valence-electron chi connectivity index (χ3n) is 3.78. The quantitative estimate of drug-likeness (QED) is 0.689. The predicted octanol–water partition coefficient (Wildman–Crippen LogP) is 2.52. The van der Waals surface area contributed by atoms with Gasteiger partial charge in [-0.3, -0.25) is 0 Å². The number of halogens is 1. The number of methoxy groups -OCH3 is 1. The lowest BCUT2D eigenvalue weighted by molar-refractivity contribution is -0.890. The van der Waals surface area contributed by atoms with Gasteiger partial charge in [0.2, 0.25) is 0 Å². The summed E-state index contributed by atoms with van der Waals surface area (Å²) < 4.78 is 5.49. The maximum atomic E-state index is 5.89. The third kappa shape index (κ3) is 5.09. The second-order valence-corrected chi connectivity index (χ2v) is 6.56. The van der Waals surface area contributed by atoms with Gasteiger partial charge in [-0.2, -0.15) is 0 Å². The summed E-state index contributed by atoms with van der Waals surface area (Å²) in [5.41, 5.74) is 2.06. The maximum absolute atomic E-state index is 5.89. The average molecular weight is 365 g/mol. The monoisotopic (exact) mass is 364 g/mol. The lowest BCUT2D eigenvalue weighted by Gasteiger charge is -2.24. The van der Waals surface area contributed by atoms with Crippen LogP contribution in [0.4, 0.5) is 5.69 Å². The predicted molar refractivity (Wildman–Crippen MR) is 104 cm³/mol. The molecule has 0 aliphatic carbocycles. The highest BCUT2D eigenvalue weighted by molar-refractivity contribution is 7.80. The second-order valence-electron chi connectivity index (χ2n) is 5.71. The molecule has 0 spiro atoms. The van der Waals surface area contributed by atoms with Crippen molar-refractivity contribution in [2.75, 3.05) is 33.1 Å². The first-order chi connectivity index (χ1) is 11.5. The van der Waals surface area contributed by atoms with Crippen LogP contribution < -0.4 is 20.3 Å². The van der Waals surface area contributed by atoms with E-state index in [1.165, 1.54) is 4.90 Å². The molecule has 0 bridgehead atoms. The minimum atomic E-state index is 0.214. The van der Waals surface area contributed by atoms with Gasteiger partial charge in [0.25, 0.3) is 0 Å². The second kappa shape index (κ2) is 8.87. The molecule has 24 heavy (non-hydrogen) atoms. The number of para-hydroxylation sites is 1. The molecule has 0 unspecified atom stereocenters. The van der Waals surface area contributed by atoms with Crippen molar-refractivity contribution in [3.05, 3.63) is 59.1 Å². The molecular weight excluding hydrogens is 342 g/mol. The van der Waals surface area contributed by atoms with Crippen LogP contribution in [0.15, 0.2) is 48.5 Å². The Kier molecular flexibility index (Phi) is 6.85. The van der Waals surface area contributed by atoms with Crippen molar-refractivity contribution in [2.24, 2.45) is 0 Å². The van der Waals surface area contributed by atoms with Gasteiger partial charge in [0.1, 0.15) is 11.8 Å². The van der Waals surface area contributed by atoms with E-state index in [9.17, 15) is 0 Å². The Bertz CT molecular complexity index is 676. The molecule has 0 aromatic heterocycles. The molecule has 0 aliphatic heterocycles. The highest BCUT2D eigenvalue weighted by atomic mass is 35.5. The Morgan fingerprint density at radius 2 is 1.83 bits per heavy atom. The van der Waals surface area contributed by atoms with Gasteiger partial charge in [0, 0.05) is 10.7 Å². The number of rotatable bonds is 6. The Morgan fingerprint density at radius 3 is 2.46 bits per heavy atom. The maximum Gasteiger partial charge on any atom is 0.171 e. The highest BCUT2D eigenvalue weighted by Gasteiger charge is 2.21. The third-order valence-corrected chi connectivity index (χ3v) is 4.28. The smallest absolute Gasteiger partial charge is 0.171 e. The number of hydrogen-bond donors (Lipinski definition) is 3. The standard InChI is InChI=1S/C18H22ClN3OS/c1-22(2)16(15-6-4-5-7-17(15)23-3)12-20-18(24)21-14-10-8-13(19)9-11-14/h4-11,16H,12H2,1-3H3,(H2,20,21,24)/p+1/t16-/m0/s1. The van der Waals surface area contributed by atoms with E-state index in [1.54, 1.807) is 7.11 Å². The van der Waals surface area contributed by atoms with Crippen LogP contribution in [0, 0.1) is 0 Å². The highest BCUT2D eigenvalue weighted by Crippen LogP contribution is 2.22. The van der Waals surface area contributed by atoms with Crippen LogP contribution in [0.3, 0.4) is 0 Å². The molecule has 1 atom stereocenters. The fourth-order valence-corrected chi connectivity index (χ4v) is 2.81. The van der Waals surface area contributed by atoms with Gasteiger partial charge < -0.3 is 20.3 Å². The molecule has 128 valence electrons. The molecule has 0 aliphatic rings. The van der Waals surface area contributed by atoms with Crippen LogP contribution >= 0.6 is 23.8 Å². The number of ether oxygens (including phenoxy) is 1. The van der Waals surface area contributed by atoms with Crippen molar-refractivity contribution < 1.29 is 9.64 Å². The van der Waals surface area contributed by atoms with Crippen molar-refractivity contribution in [3.63, 3.8) is 0 Å². The zero-order valence-corrected chi connectivity index (χ0v) is 15.7. The van der Waals surface area contributed by atoms with Crippen molar-refractivity contribution in [1.82, 2.24) is 5.32 Å². The molecule has 0 fully saturated rings. The molecule has 0 saturated heterocycles. The van der Waals surface area contributed by atoms with Gasteiger partial charge in [0.05, 0.1) is 33.3 Å². The number of quaternary nitrogens is 1. The van der Waals surface area contributed by atoms with Gasteiger partial charge in [-0.1, -0.05) is 23.7 Å². The lowest BCUT2D eigenvalue weighted by atomic mass is 10.0. The summed E-state index contributed by atoms with van der Waals surface area (Å²) >= 11 is 11.3. The largest absolute Gasteiger partial charge is 0.496 e. The fraction of sp³-hybridized carbons (Fsp3) is 0.278.